The minimum atomic E-state index is -3.24. The second-order valence-electron chi connectivity index (χ2n) is 16.8. The lowest BCUT2D eigenvalue weighted by molar-refractivity contribution is 0.0898. The van der Waals surface area contributed by atoms with Gasteiger partial charge in [-0.3, -0.25) is 9.20 Å². The Morgan fingerprint density at radius 3 is 1.67 bits per heavy atom. The first kappa shape index (κ1) is 46.9. The first-order chi connectivity index (χ1) is 28.7. The summed E-state index contributed by atoms with van der Waals surface area (Å²) in [7, 11) is -8.54. The molecule has 0 unspecified atom stereocenters. The van der Waals surface area contributed by atoms with Crippen molar-refractivity contribution in [2.24, 2.45) is 5.84 Å². The van der Waals surface area contributed by atoms with Gasteiger partial charge in [0.1, 0.15) is 43.7 Å². The van der Waals surface area contributed by atoms with Crippen LogP contribution < -0.4 is 11.3 Å². The summed E-state index contributed by atoms with van der Waals surface area (Å²) in [5, 5.41) is 10.4. The van der Waals surface area contributed by atoms with Crippen molar-refractivity contribution in [2.75, 3.05) is 31.2 Å². The second-order valence-corrected chi connectivity index (χ2v) is 32.1. The molecule has 0 aliphatic rings. The number of carbonyl (C=O) groups is 1. The number of ether oxygens (including phenoxy) is 2. The van der Waals surface area contributed by atoms with Gasteiger partial charge in [0.15, 0.2) is 37.0 Å². The molecule has 3 N–H and O–H groups in total. The number of hydrogen-bond donors (Lipinski definition) is 2. The van der Waals surface area contributed by atoms with Crippen molar-refractivity contribution in [1.29, 1.82) is 0 Å². The molecule has 0 saturated heterocycles. The Kier molecular flexibility index (Phi) is 15.1. The zero-order chi connectivity index (χ0) is 44.6. The molecule has 5 heterocycles. The molecule has 0 saturated carbocycles. The average Bonchev–Trinajstić information content (AvgIpc) is 3.94. The average molecular weight is 907 g/mol. The van der Waals surface area contributed by atoms with E-state index in [9.17, 15) is 21.6 Å². The fraction of sp³-hybridized carbons (Fsp3) is 0.350. The Morgan fingerprint density at radius 1 is 0.672 bits per heavy atom. The van der Waals surface area contributed by atoms with E-state index in [-0.39, 0.29) is 9.79 Å². The van der Waals surface area contributed by atoms with Crippen molar-refractivity contribution in [3.05, 3.63) is 91.3 Å². The molecular formula is C40H54N10O7S2Si2. The van der Waals surface area contributed by atoms with Gasteiger partial charge in [-0.15, -0.1) is 10.2 Å². The molecule has 0 atom stereocenters. The van der Waals surface area contributed by atoms with Crippen molar-refractivity contribution in [1.82, 2.24) is 38.7 Å². The summed E-state index contributed by atoms with van der Waals surface area (Å²) in [5.41, 5.74) is 6.13. The van der Waals surface area contributed by atoms with Crippen LogP contribution in [0.15, 0.2) is 95.5 Å². The molecule has 0 bridgehead atoms. The topological polar surface area (TPSA) is 221 Å². The van der Waals surface area contributed by atoms with Crippen molar-refractivity contribution >= 4 is 75.6 Å². The highest BCUT2D eigenvalue weighted by atomic mass is 32.2. The number of nitrogen functional groups attached to an aromatic ring is 1. The van der Waals surface area contributed by atoms with E-state index in [1.165, 1.54) is 36.8 Å². The summed E-state index contributed by atoms with van der Waals surface area (Å²) in [4.78, 5) is 23.6. The van der Waals surface area contributed by atoms with Gasteiger partial charge < -0.3 is 24.0 Å². The monoisotopic (exact) mass is 906 g/mol. The minimum absolute atomic E-state index is 0.230. The third-order valence-corrected chi connectivity index (χ3v) is 15.0. The van der Waals surface area contributed by atoms with Crippen LogP contribution in [-0.2, 0) is 42.6 Å². The Labute approximate surface area is 358 Å². The standard InChI is InChI=1S/C20H25N5O3SSi.C12H21N5OSi.C8H8O3S/c1-29(26,27)16-7-5-15(6-8-16)18-22-23-20-17-9-10-24(19(17)21-13-25(18)20)14-28-11-12-30(2,3)4;1-19(2,3)7-6-18-9-17-5-4-10-11(16-13)14-8-15-12(10)17;1-12(10,11)8-4-2-7(6-9)3-5-8/h5-10,13H,11-12,14H2,1-4H3;4-5,8H,6-7,9,13H2,1-3H3,(H,14,15,16);2-6H,1H3. The van der Waals surface area contributed by atoms with Crippen LogP contribution in [-0.4, -0.2) is 104 Å². The second kappa shape index (κ2) is 19.7. The molecule has 0 radical (unpaired) electrons. The van der Waals surface area contributed by atoms with E-state index in [1.54, 1.807) is 30.6 Å². The van der Waals surface area contributed by atoms with Crippen LogP contribution in [0.2, 0.25) is 51.4 Å². The highest BCUT2D eigenvalue weighted by Gasteiger charge is 2.17. The molecule has 5 aromatic heterocycles. The van der Waals surface area contributed by atoms with Crippen LogP contribution in [0.25, 0.3) is 39.1 Å². The van der Waals surface area contributed by atoms with Crippen LogP contribution in [0.4, 0.5) is 5.82 Å². The number of aldehydes is 1. The van der Waals surface area contributed by atoms with E-state index in [0.29, 0.717) is 42.6 Å². The van der Waals surface area contributed by atoms with Gasteiger partial charge in [0.05, 0.1) is 20.6 Å². The molecule has 21 heteroatoms. The smallest absolute Gasteiger partial charge is 0.175 e. The Hall–Kier alpha value is -5.17. The number of nitrogens with two attached hydrogens (primary N) is 1. The minimum Gasteiger partial charge on any atom is -0.361 e. The lowest BCUT2D eigenvalue weighted by atomic mass is 10.2. The number of hydrogen-bond acceptors (Lipinski definition) is 14. The number of aromatic nitrogens is 8. The van der Waals surface area contributed by atoms with E-state index in [4.69, 9.17) is 15.3 Å². The summed E-state index contributed by atoms with van der Waals surface area (Å²) < 4.78 is 62.6. The molecular weight excluding hydrogens is 853 g/mol. The lowest BCUT2D eigenvalue weighted by Crippen LogP contribution is -2.22. The van der Waals surface area contributed by atoms with Crippen molar-refractivity contribution in [3.63, 3.8) is 0 Å². The molecule has 0 amide bonds. The van der Waals surface area contributed by atoms with Crippen molar-refractivity contribution in [2.45, 2.75) is 74.6 Å². The van der Waals surface area contributed by atoms with Gasteiger partial charge in [-0.05, 0) is 60.6 Å². The van der Waals surface area contributed by atoms with Gasteiger partial charge in [-0.25, -0.2) is 37.6 Å². The Bertz CT molecular complexity index is 2800. The third-order valence-electron chi connectivity index (χ3n) is 9.30. The lowest BCUT2D eigenvalue weighted by Gasteiger charge is -2.15. The maximum absolute atomic E-state index is 11.7. The number of benzene rings is 2. The van der Waals surface area contributed by atoms with Gasteiger partial charge in [0.25, 0.3) is 0 Å². The van der Waals surface area contributed by atoms with E-state index in [2.05, 4.69) is 69.9 Å². The van der Waals surface area contributed by atoms with Gasteiger partial charge in [-0.2, -0.15) is 0 Å². The molecule has 61 heavy (non-hydrogen) atoms. The number of fused-ring (bicyclic) bond motifs is 4. The third kappa shape index (κ3) is 12.9. The number of hydrazine groups is 1. The number of anilines is 1. The Balaban J connectivity index is 0.000000193. The van der Waals surface area contributed by atoms with E-state index in [1.807, 2.05) is 38.1 Å². The maximum Gasteiger partial charge on any atom is 0.175 e. The fourth-order valence-corrected chi connectivity index (χ4v) is 8.50. The van der Waals surface area contributed by atoms with Crippen molar-refractivity contribution < 1.29 is 31.1 Å². The SMILES string of the molecule is CS(=O)(=O)c1ccc(C=O)cc1.C[Si](C)(C)CCOCn1ccc2c(NN)ncnc21.C[Si](C)(C)CCOCn1ccc2c1ncn1c(-c3ccc(S(C)(=O)=O)cc3)nnc21. The van der Waals surface area contributed by atoms with Gasteiger partial charge in [0.2, 0.25) is 0 Å². The number of rotatable bonds is 15. The summed E-state index contributed by atoms with van der Waals surface area (Å²) in [6.45, 7) is 16.5. The van der Waals surface area contributed by atoms with Gasteiger partial charge in [-0.1, -0.05) is 51.4 Å². The fourth-order valence-electron chi connectivity index (χ4n) is 5.73. The molecule has 326 valence electrons. The molecule has 0 spiro atoms. The highest BCUT2D eigenvalue weighted by Crippen LogP contribution is 2.25. The van der Waals surface area contributed by atoms with E-state index < -0.39 is 35.8 Å². The van der Waals surface area contributed by atoms with Crippen molar-refractivity contribution in [3.8, 4) is 11.4 Å². The predicted octanol–water partition coefficient (Wildman–Crippen LogP) is 6.39. The zero-order valence-corrected chi connectivity index (χ0v) is 39.4. The maximum atomic E-state index is 11.7. The van der Waals surface area contributed by atoms with E-state index in [0.717, 1.165) is 59.2 Å². The van der Waals surface area contributed by atoms with Gasteiger partial charge >= 0.3 is 0 Å². The van der Waals surface area contributed by atoms with Gasteiger partial charge in [0, 0.05) is 65.4 Å². The molecule has 7 aromatic rings. The molecule has 0 aliphatic heterocycles. The molecule has 0 fully saturated rings. The normalized spacial score (nSPS) is 12.2. The number of sulfone groups is 2. The van der Waals surface area contributed by atoms with Crippen LogP contribution >= 0.6 is 0 Å². The van der Waals surface area contributed by atoms with Crippen LogP contribution in [0, 0.1) is 0 Å². The summed E-state index contributed by atoms with van der Waals surface area (Å²) >= 11 is 0. The number of nitrogens with zero attached hydrogens (tertiary/aromatic N) is 8. The van der Waals surface area contributed by atoms with Crippen LogP contribution in [0.3, 0.4) is 0 Å². The zero-order valence-electron chi connectivity index (χ0n) is 35.7. The molecule has 0 aliphatic carbocycles. The van der Waals surface area contributed by atoms with E-state index >= 15 is 0 Å². The summed E-state index contributed by atoms with van der Waals surface area (Å²) in [5.74, 6) is 6.66. The summed E-state index contributed by atoms with van der Waals surface area (Å²) in [6.07, 6.45) is 10.1. The molecule has 2 aromatic carbocycles. The Morgan fingerprint density at radius 2 is 1.18 bits per heavy atom. The highest BCUT2D eigenvalue weighted by molar-refractivity contribution is 7.91. The number of nitrogens with one attached hydrogen (secondary N) is 1. The first-order valence-corrected chi connectivity index (χ1v) is 30.5. The quantitative estimate of drug-likeness (QED) is 0.0374. The first-order valence-electron chi connectivity index (χ1n) is 19.3. The van der Waals surface area contributed by atoms with Crippen LogP contribution in [0.5, 0.6) is 0 Å². The molecule has 17 nitrogen and oxygen atoms in total. The van der Waals surface area contributed by atoms with Crippen LogP contribution in [0.1, 0.15) is 10.4 Å². The number of carbonyl (C=O) groups excluding carboxylic acids is 1. The largest absolute Gasteiger partial charge is 0.361 e. The summed E-state index contributed by atoms with van der Waals surface area (Å²) in [6, 6.07) is 18.6. The molecule has 7 rings (SSSR count). The predicted molar refractivity (Wildman–Crippen MR) is 243 cm³/mol.